The van der Waals surface area contributed by atoms with Gasteiger partial charge in [0.25, 0.3) is 0 Å². The smallest absolute Gasteiger partial charge is 0.191 e. The minimum atomic E-state index is -1.27. The lowest BCUT2D eigenvalue weighted by atomic mass is 10.1. The first kappa shape index (κ1) is 23.3. The van der Waals surface area contributed by atoms with Crippen molar-refractivity contribution < 1.29 is 24.1 Å². The van der Waals surface area contributed by atoms with E-state index in [0.717, 1.165) is 31.1 Å². The van der Waals surface area contributed by atoms with Crippen LogP contribution in [0, 0.1) is 11.6 Å². The Balaban J connectivity index is 1.44. The molecular formula is C22H26F2N6O3S. The number of nitrogens with one attached hydrogen (secondary N) is 1. The highest BCUT2D eigenvalue weighted by atomic mass is 32.2. The summed E-state index contributed by atoms with van der Waals surface area (Å²) < 4.78 is 28.4. The molecule has 1 aromatic carbocycles. The normalized spacial score (nSPS) is 28.5. The maximum atomic E-state index is 13.7. The third kappa shape index (κ3) is 4.35. The van der Waals surface area contributed by atoms with Crippen molar-refractivity contribution in [1.82, 2.24) is 25.0 Å². The first-order valence-corrected chi connectivity index (χ1v) is 12.4. The second kappa shape index (κ2) is 9.33. The number of hydrogen-bond acceptors (Lipinski definition) is 9. The van der Waals surface area contributed by atoms with Crippen molar-refractivity contribution in [2.24, 2.45) is 0 Å². The van der Waals surface area contributed by atoms with Gasteiger partial charge >= 0.3 is 0 Å². The summed E-state index contributed by atoms with van der Waals surface area (Å²) in [5, 5.41) is 42.7. The van der Waals surface area contributed by atoms with E-state index in [0.29, 0.717) is 27.7 Å². The van der Waals surface area contributed by atoms with E-state index in [-0.39, 0.29) is 18.4 Å². The minimum Gasteiger partial charge on any atom is -0.390 e. The van der Waals surface area contributed by atoms with Crippen molar-refractivity contribution in [3.8, 4) is 0 Å². The summed E-state index contributed by atoms with van der Waals surface area (Å²) in [6.07, 6.45) is -0.682. The lowest BCUT2D eigenvalue weighted by Crippen LogP contribution is -2.31. The van der Waals surface area contributed by atoms with Gasteiger partial charge in [-0.15, -0.1) is 5.10 Å². The van der Waals surface area contributed by atoms with Crippen molar-refractivity contribution in [2.75, 3.05) is 11.1 Å². The number of aliphatic hydroxyl groups is 3. The summed E-state index contributed by atoms with van der Waals surface area (Å²) in [4.78, 5) is 9.24. The number of fused-ring (bicyclic) bond motifs is 1. The number of halogens is 2. The van der Waals surface area contributed by atoms with E-state index < -0.39 is 36.0 Å². The zero-order valence-corrected chi connectivity index (χ0v) is 19.3. The third-order valence-electron chi connectivity index (χ3n) is 6.45. The van der Waals surface area contributed by atoms with Crippen LogP contribution in [0.15, 0.2) is 23.4 Å². The summed E-state index contributed by atoms with van der Waals surface area (Å²) in [6.45, 7) is 2.10. The van der Waals surface area contributed by atoms with E-state index in [1.54, 1.807) is 6.07 Å². The van der Waals surface area contributed by atoms with Gasteiger partial charge in [-0.05, 0) is 30.5 Å². The Hall–Kier alpha value is -2.41. The van der Waals surface area contributed by atoms with Gasteiger partial charge in [-0.25, -0.2) is 23.4 Å². The number of anilines is 1. The van der Waals surface area contributed by atoms with Gasteiger partial charge in [-0.3, -0.25) is 0 Å². The maximum absolute atomic E-state index is 13.7. The summed E-state index contributed by atoms with van der Waals surface area (Å²) in [7, 11) is 0. The van der Waals surface area contributed by atoms with Crippen LogP contribution in [0.3, 0.4) is 0 Å². The van der Waals surface area contributed by atoms with Crippen LogP contribution in [0.2, 0.25) is 0 Å². The molecule has 0 aliphatic heterocycles. The molecule has 3 aromatic rings. The highest BCUT2D eigenvalue weighted by molar-refractivity contribution is 7.99. The molecule has 2 heterocycles. The van der Waals surface area contributed by atoms with Crippen LogP contribution >= 0.6 is 11.8 Å². The van der Waals surface area contributed by atoms with Gasteiger partial charge in [0.1, 0.15) is 12.2 Å². The van der Waals surface area contributed by atoms with Gasteiger partial charge in [0, 0.05) is 24.1 Å². The maximum Gasteiger partial charge on any atom is 0.191 e. The second-order valence-electron chi connectivity index (χ2n) is 8.88. The van der Waals surface area contributed by atoms with Gasteiger partial charge in [-0.1, -0.05) is 36.4 Å². The second-order valence-corrected chi connectivity index (χ2v) is 9.94. The number of aliphatic hydroxyl groups excluding tert-OH is 3. The molecule has 0 amide bonds. The Morgan fingerprint density at radius 1 is 1.12 bits per heavy atom. The topological polar surface area (TPSA) is 129 Å². The molecule has 6 unspecified atom stereocenters. The molecule has 9 nitrogen and oxygen atoms in total. The molecule has 2 saturated carbocycles. The fourth-order valence-electron chi connectivity index (χ4n) is 4.37. The van der Waals surface area contributed by atoms with Gasteiger partial charge in [0.05, 0.1) is 12.1 Å². The Kier molecular flexibility index (Phi) is 6.40. The number of unbranched alkanes of at least 4 members (excludes halogenated alkanes) is 1. The molecule has 2 aliphatic carbocycles. The predicted octanol–water partition coefficient (Wildman–Crippen LogP) is 2.39. The van der Waals surface area contributed by atoms with Crippen LogP contribution in [0.4, 0.5) is 14.6 Å². The SMILES string of the molecule is CCCCSc1nc(NC2CC2c2ccc(F)c(F)c2)c2nnn(C3CC(O)C(O)C3O)c2n1. The van der Waals surface area contributed by atoms with Crippen LogP contribution in [0.5, 0.6) is 0 Å². The van der Waals surface area contributed by atoms with E-state index in [1.807, 2.05) is 0 Å². The zero-order valence-electron chi connectivity index (χ0n) is 18.5. The Morgan fingerprint density at radius 2 is 1.94 bits per heavy atom. The van der Waals surface area contributed by atoms with Crippen LogP contribution in [-0.4, -0.2) is 70.4 Å². The number of benzene rings is 1. The molecule has 0 spiro atoms. The molecule has 34 heavy (non-hydrogen) atoms. The average Bonchev–Trinajstić information content (AvgIpc) is 3.38. The monoisotopic (exact) mass is 492 g/mol. The molecule has 6 atom stereocenters. The molecule has 0 radical (unpaired) electrons. The van der Waals surface area contributed by atoms with Crippen LogP contribution < -0.4 is 5.32 Å². The van der Waals surface area contributed by atoms with E-state index in [1.165, 1.54) is 22.5 Å². The molecule has 2 aliphatic rings. The first-order chi connectivity index (χ1) is 16.4. The fourth-order valence-corrected chi connectivity index (χ4v) is 5.30. The molecule has 12 heteroatoms. The number of aromatic nitrogens is 5. The number of nitrogens with zero attached hydrogens (tertiary/aromatic N) is 5. The van der Waals surface area contributed by atoms with E-state index in [4.69, 9.17) is 0 Å². The molecule has 4 N–H and O–H groups in total. The minimum absolute atomic E-state index is 0.00769. The summed E-state index contributed by atoms with van der Waals surface area (Å²) in [5.41, 5.74) is 1.51. The Bertz CT molecular complexity index is 1200. The Labute approximate surface area is 198 Å². The van der Waals surface area contributed by atoms with Gasteiger partial charge in [0.15, 0.2) is 33.8 Å². The molecule has 2 fully saturated rings. The molecular weight excluding hydrogens is 466 g/mol. The summed E-state index contributed by atoms with van der Waals surface area (Å²) >= 11 is 1.50. The summed E-state index contributed by atoms with van der Waals surface area (Å²) in [6, 6.07) is 3.22. The van der Waals surface area contributed by atoms with E-state index >= 15 is 0 Å². The van der Waals surface area contributed by atoms with E-state index in [9.17, 15) is 24.1 Å². The molecule has 0 bridgehead atoms. The number of hydrogen-bond donors (Lipinski definition) is 4. The van der Waals surface area contributed by atoms with Crippen molar-refractivity contribution in [1.29, 1.82) is 0 Å². The standard InChI is InChI=1S/C22H26F2N6O3S/c1-2-3-6-34-22-26-20(25-14-8-11(14)10-4-5-12(23)13(24)7-10)17-21(27-22)30(29-28-17)15-9-16(31)19(33)18(15)32/h4-5,7,11,14-16,18-19,31-33H,2-3,6,8-9H2,1H3,(H,25,26,27). The largest absolute Gasteiger partial charge is 0.390 e. The molecule has 0 saturated heterocycles. The van der Waals surface area contributed by atoms with Crippen LogP contribution in [-0.2, 0) is 0 Å². The van der Waals surface area contributed by atoms with Crippen molar-refractivity contribution in [2.45, 2.75) is 74.1 Å². The highest BCUT2D eigenvalue weighted by Crippen LogP contribution is 2.44. The quantitative estimate of drug-likeness (QED) is 0.213. The summed E-state index contributed by atoms with van der Waals surface area (Å²) in [5.74, 6) is -0.439. The lowest BCUT2D eigenvalue weighted by Gasteiger charge is -2.16. The predicted molar refractivity (Wildman–Crippen MR) is 122 cm³/mol. The van der Waals surface area contributed by atoms with Crippen molar-refractivity contribution in [3.05, 3.63) is 35.4 Å². The van der Waals surface area contributed by atoms with Crippen molar-refractivity contribution >= 4 is 28.7 Å². The van der Waals surface area contributed by atoms with Gasteiger partial charge in [-0.2, -0.15) is 0 Å². The van der Waals surface area contributed by atoms with Gasteiger partial charge in [0.2, 0.25) is 0 Å². The van der Waals surface area contributed by atoms with Crippen LogP contribution in [0.1, 0.15) is 50.1 Å². The van der Waals surface area contributed by atoms with E-state index in [2.05, 4.69) is 32.5 Å². The highest BCUT2D eigenvalue weighted by Gasteiger charge is 2.44. The van der Waals surface area contributed by atoms with Gasteiger partial charge < -0.3 is 20.6 Å². The molecule has 2 aromatic heterocycles. The third-order valence-corrected chi connectivity index (χ3v) is 7.39. The van der Waals surface area contributed by atoms with Crippen molar-refractivity contribution in [3.63, 3.8) is 0 Å². The number of rotatable bonds is 8. The lowest BCUT2D eigenvalue weighted by molar-refractivity contribution is -0.0253. The van der Waals surface area contributed by atoms with Crippen LogP contribution in [0.25, 0.3) is 11.2 Å². The zero-order chi connectivity index (χ0) is 24.0. The fraction of sp³-hybridized carbons (Fsp3) is 0.545. The molecule has 182 valence electrons. The molecule has 5 rings (SSSR count). The average molecular weight is 493 g/mol. The number of thioether (sulfide) groups is 1. The Morgan fingerprint density at radius 3 is 2.65 bits per heavy atom. The first-order valence-electron chi connectivity index (χ1n) is 11.4.